The Kier molecular flexibility index (Phi) is 5.57. The fraction of sp³-hybridized carbons (Fsp3) is 0.550. The summed E-state index contributed by atoms with van der Waals surface area (Å²) in [6, 6.07) is -0.192. The minimum absolute atomic E-state index is 0.0578. The van der Waals surface area contributed by atoms with Gasteiger partial charge in [0.05, 0.1) is 42.3 Å². The van der Waals surface area contributed by atoms with E-state index in [0.717, 1.165) is 19.3 Å². The molecule has 0 radical (unpaired) electrons. The van der Waals surface area contributed by atoms with E-state index >= 15 is 0 Å². The Labute approximate surface area is 169 Å². The first kappa shape index (κ1) is 19.5. The molecule has 154 valence electrons. The SMILES string of the molecule is Cc1nc([C@@H]2CCCCN2C(=O)c2cnn(C)c2)ncc1C(=O)N1CCOCC1. The molecule has 2 aliphatic rings. The Bertz CT molecular complexity index is 905. The first-order valence-electron chi connectivity index (χ1n) is 10.0. The molecule has 0 unspecified atom stereocenters. The highest BCUT2D eigenvalue weighted by Crippen LogP contribution is 2.30. The van der Waals surface area contributed by atoms with Crippen molar-refractivity contribution in [3.05, 3.63) is 41.2 Å². The predicted molar refractivity (Wildman–Crippen MR) is 104 cm³/mol. The van der Waals surface area contributed by atoms with Gasteiger partial charge in [0.25, 0.3) is 11.8 Å². The maximum Gasteiger partial charge on any atom is 0.257 e. The van der Waals surface area contributed by atoms with Crippen LogP contribution in [0.2, 0.25) is 0 Å². The van der Waals surface area contributed by atoms with E-state index in [9.17, 15) is 9.59 Å². The van der Waals surface area contributed by atoms with E-state index in [4.69, 9.17) is 4.74 Å². The van der Waals surface area contributed by atoms with Gasteiger partial charge in [0, 0.05) is 39.1 Å². The number of carbonyl (C=O) groups excluding carboxylic acids is 2. The third kappa shape index (κ3) is 4.00. The third-order valence-corrected chi connectivity index (χ3v) is 5.54. The number of hydrogen-bond donors (Lipinski definition) is 0. The number of aryl methyl sites for hydroxylation is 2. The Balaban J connectivity index is 1.56. The largest absolute Gasteiger partial charge is 0.378 e. The summed E-state index contributed by atoms with van der Waals surface area (Å²) in [7, 11) is 1.79. The second kappa shape index (κ2) is 8.28. The van der Waals surface area contributed by atoms with Crippen molar-refractivity contribution in [3.63, 3.8) is 0 Å². The van der Waals surface area contributed by atoms with Crippen molar-refractivity contribution in [2.24, 2.45) is 7.05 Å². The molecule has 0 N–H and O–H groups in total. The number of rotatable bonds is 3. The molecule has 1 atom stereocenters. The van der Waals surface area contributed by atoms with Crippen LogP contribution in [0.25, 0.3) is 0 Å². The zero-order valence-corrected chi connectivity index (χ0v) is 16.9. The summed E-state index contributed by atoms with van der Waals surface area (Å²) >= 11 is 0. The van der Waals surface area contributed by atoms with Crippen molar-refractivity contribution < 1.29 is 14.3 Å². The molecule has 2 aromatic heterocycles. The highest BCUT2D eigenvalue weighted by atomic mass is 16.5. The van der Waals surface area contributed by atoms with Crippen LogP contribution in [0.4, 0.5) is 0 Å². The Hall–Kier alpha value is -2.81. The zero-order chi connectivity index (χ0) is 20.4. The highest BCUT2D eigenvalue weighted by molar-refractivity contribution is 5.95. The number of nitrogens with zero attached hydrogens (tertiary/aromatic N) is 6. The summed E-state index contributed by atoms with van der Waals surface area (Å²) in [4.78, 5) is 38.5. The maximum atomic E-state index is 13.0. The van der Waals surface area contributed by atoms with Gasteiger partial charge in [-0.25, -0.2) is 9.97 Å². The minimum atomic E-state index is -0.192. The second-order valence-electron chi connectivity index (χ2n) is 7.54. The number of amides is 2. The zero-order valence-electron chi connectivity index (χ0n) is 16.9. The number of piperidine rings is 1. The van der Waals surface area contributed by atoms with E-state index in [0.29, 0.717) is 55.5 Å². The molecule has 0 spiro atoms. The summed E-state index contributed by atoms with van der Waals surface area (Å²) in [6.45, 7) is 4.75. The first-order valence-corrected chi connectivity index (χ1v) is 10.0. The monoisotopic (exact) mass is 398 g/mol. The van der Waals surface area contributed by atoms with Crippen LogP contribution in [-0.2, 0) is 11.8 Å². The lowest BCUT2D eigenvalue weighted by atomic mass is 10.00. The van der Waals surface area contributed by atoms with Crippen LogP contribution in [0.5, 0.6) is 0 Å². The van der Waals surface area contributed by atoms with Crippen LogP contribution in [0.3, 0.4) is 0 Å². The molecule has 2 amide bonds. The molecule has 2 aromatic rings. The van der Waals surface area contributed by atoms with Gasteiger partial charge in [-0.05, 0) is 26.2 Å². The smallest absolute Gasteiger partial charge is 0.257 e. The normalized spacial score (nSPS) is 20.0. The Morgan fingerprint density at radius 2 is 1.90 bits per heavy atom. The van der Waals surface area contributed by atoms with Crippen LogP contribution in [0.15, 0.2) is 18.6 Å². The van der Waals surface area contributed by atoms with Gasteiger partial charge in [-0.2, -0.15) is 5.10 Å². The minimum Gasteiger partial charge on any atom is -0.378 e. The van der Waals surface area contributed by atoms with Crippen LogP contribution in [0, 0.1) is 6.92 Å². The van der Waals surface area contributed by atoms with Crippen molar-refractivity contribution >= 4 is 11.8 Å². The second-order valence-corrected chi connectivity index (χ2v) is 7.54. The summed E-state index contributed by atoms with van der Waals surface area (Å²) in [6.07, 6.45) is 7.70. The summed E-state index contributed by atoms with van der Waals surface area (Å²) in [5.74, 6) is 0.472. The molecule has 9 nitrogen and oxygen atoms in total. The number of hydrogen-bond acceptors (Lipinski definition) is 6. The number of carbonyl (C=O) groups is 2. The summed E-state index contributed by atoms with van der Waals surface area (Å²) in [5, 5.41) is 4.11. The average molecular weight is 398 g/mol. The van der Waals surface area contributed by atoms with E-state index in [2.05, 4.69) is 15.1 Å². The maximum absolute atomic E-state index is 13.0. The topological polar surface area (TPSA) is 93.5 Å². The predicted octanol–water partition coefficient (Wildman–Crippen LogP) is 1.36. The molecular formula is C20H26N6O3. The fourth-order valence-corrected chi connectivity index (χ4v) is 3.93. The molecule has 2 fully saturated rings. The average Bonchev–Trinajstić information content (AvgIpc) is 3.19. The molecule has 0 aliphatic carbocycles. The summed E-state index contributed by atoms with van der Waals surface area (Å²) < 4.78 is 6.94. The Morgan fingerprint density at radius 3 is 2.59 bits per heavy atom. The van der Waals surface area contributed by atoms with Gasteiger partial charge in [0.2, 0.25) is 0 Å². The van der Waals surface area contributed by atoms with E-state index in [-0.39, 0.29) is 17.9 Å². The molecule has 0 saturated carbocycles. The summed E-state index contributed by atoms with van der Waals surface area (Å²) in [5.41, 5.74) is 1.72. The lowest BCUT2D eigenvalue weighted by Crippen LogP contribution is -2.41. The standard InChI is InChI=1S/C20H26N6O3/c1-14-16(20(28)25-7-9-29-10-8-25)12-21-18(23-14)17-5-3-4-6-26(17)19(27)15-11-22-24(2)13-15/h11-13,17H,3-10H2,1-2H3/t17-/m0/s1. The molecule has 2 aliphatic heterocycles. The van der Waals surface area contributed by atoms with Crippen LogP contribution in [0.1, 0.15) is 57.5 Å². The third-order valence-electron chi connectivity index (χ3n) is 5.54. The van der Waals surface area contributed by atoms with Gasteiger partial charge in [-0.1, -0.05) is 0 Å². The van der Waals surface area contributed by atoms with E-state index in [1.165, 1.54) is 0 Å². The molecule has 2 saturated heterocycles. The van der Waals surface area contributed by atoms with E-state index < -0.39 is 0 Å². The van der Waals surface area contributed by atoms with Crippen LogP contribution < -0.4 is 0 Å². The molecule has 0 aromatic carbocycles. The number of likely N-dealkylation sites (tertiary alicyclic amines) is 1. The van der Waals surface area contributed by atoms with Gasteiger partial charge in [-0.15, -0.1) is 0 Å². The molecule has 9 heteroatoms. The Morgan fingerprint density at radius 1 is 1.10 bits per heavy atom. The molecule has 29 heavy (non-hydrogen) atoms. The lowest BCUT2D eigenvalue weighted by Gasteiger charge is -2.34. The van der Waals surface area contributed by atoms with Gasteiger partial charge in [0.15, 0.2) is 5.82 Å². The van der Waals surface area contributed by atoms with Gasteiger partial charge in [-0.3, -0.25) is 14.3 Å². The molecule has 4 heterocycles. The fourth-order valence-electron chi connectivity index (χ4n) is 3.93. The van der Waals surface area contributed by atoms with Crippen LogP contribution in [-0.4, -0.2) is 74.2 Å². The van der Waals surface area contributed by atoms with Crippen molar-refractivity contribution in [1.82, 2.24) is 29.5 Å². The van der Waals surface area contributed by atoms with Crippen molar-refractivity contribution in [1.29, 1.82) is 0 Å². The molecule has 4 rings (SSSR count). The number of aromatic nitrogens is 4. The van der Waals surface area contributed by atoms with Crippen molar-refractivity contribution in [2.75, 3.05) is 32.8 Å². The highest BCUT2D eigenvalue weighted by Gasteiger charge is 2.32. The lowest BCUT2D eigenvalue weighted by molar-refractivity contribution is 0.0301. The van der Waals surface area contributed by atoms with Crippen molar-refractivity contribution in [3.8, 4) is 0 Å². The number of ether oxygens (including phenoxy) is 1. The molecular weight excluding hydrogens is 372 g/mol. The van der Waals surface area contributed by atoms with E-state index in [1.807, 2.05) is 11.8 Å². The van der Waals surface area contributed by atoms with Gasteiger partial charge < -0.3 is 14.5 Å². The molecule has 0 bridgehead atoms. The van der Waals surface area contributed by atoms with Gasteiger partial charge >= 0.3 is 0 Å². The first-order chi connectivity index (χ1) is 14.0. The van der Waals surface area contributed by atoms with Crippen LogP contribution >= 0.6 is 0 Å². The van der Waals surface area contributed by atoms with E-state index in [1.54, 1.807) is 35.2 Å². The number of morpholine rings is 1. The van der Waals surface area contributed by atoms with Crippen molar-refractivity contribution in [2.45, 2.75) is 32.2 Å². The quantitative estimate of drug-likeness (QED) is 0.775. The van der Waals surface area contributed by atoms with Gasteiger partial charge in [0.1, 0.15) is 0 Å².